The number of rotatable bonds is 6. The largest absolute Gasteiger partial charge is 0.496 e. The van der Waals surface area contributed by atoms with Crippen molar-refractivity contribution in [3.8, 4) is 28.6 Å². The molecule has 3 heterocycles. The van der Waals surface area contributed by atoms with E-state index in [1.165, 1.54) is 11.8 Å². The predicted octanol–water partition coefficient (Wildman–Crippen LogP) is 3.81. The molecule has 0 atom stereocenters. The van der Waals surface area contributed by atoms with Crippen molar-refractivity contribution in [2.45, 2.75) is 29.8 Å². The number of para-hydroxylation sites is 1. The van der Waals surface area contributed by atoms with Crippen LogP contribution in [0.15, 0.2) is 50.9 Å². The molecule has 2 aromatic heterocycles. The molecule has 6 rings (SSSR count). The zero-order valence-electron chi connectivity index (χ0n) is 17.1. The summed E-state index contributed by atoms with van der Waals surface area (Å²) in [5.41, 5.74) is 1.27. The quantitative estimate of drug-likeness (QED) is 0.320. The van der Waals surface area contributed by atoms with Gasteiger partial charge < -0.3 is 18.7 Å². The Morgan fingerprint density at radius 2 is 1.97 bits per heavy atom. The van der Waals surface area contributed by atoms with E-state index in [-0.39, 0.29) is 18.4 Å². The lowest BCUT2D eigenvalue weighted by Crippen LogP contribution is -2.22. The standard InChI is InChI=1S/C22H18N4O5S/c1-28-16-5-3-2-4-13(16)20-24-19(31-25-20)10-32-22-23-15-9-18-17(29-11-30-18)8-14(15)21(27)26(22)12-6-7-12/h2-5,8-9,12H,6-7,10-11H2,1H3. The Morgan fingerprint density at radius 3 is 2.78 bits per heavy atom. The van der Waals surface area contributed by atoms with Crippen molar-refractivity contribution in [2.75, 3.05) is 13.9 Å². The highest BCUT2D eigenvalue weighted by Crippen LogP contribution is 2.39. The van der Waals surface area contributed by atoms with E-state index in [1.54, 1.807) is 23.8 Å². The van der Waals surface area contributed by atoms with Crippen LogP contribution in [0.4, 0.5) is 0 Å². The molecule has 1 aliphatic heterocycles. The Bertz CT molecular complexity index is 1400. The Balaban J connectivity index is 1.32. The zero-order chi connectivity index (χ0) is 21.7. The van der Waals surface area contributed by atoms with E-state index in [1.807, 2.05) is 24.3 Å². The van der Waals surface area contributed by atoms with Crippen LogP contribution < -0.4 is 19.8 Å². The Hall–Kier alpha value is -3.53. The van der Waals surface area contributed by atoms with Crippen LogP contribution in [0.3, 0.4) is 0 Å². The van der Waals surface area contributed by atoms with Crippen LogP contribution in [0.25, 0.3) is 22.3 Å². The molecule has 0 spiro atoms. The monoisotopic (exact) mass is 450 g/mol. The summed E-state index contributed by atoms with van der Waals surface area (Å²) in [5, 5.41) is 5.24. The summed E-state index contributed by atoms with van der Waals surface area (Å²) in [6.45, 7) is 0.149. The average molecular weight is 450 g/mol. The molecule has 2 aliphatic rings. The maximum Gasteiger partial charge on any atom is 0.262 e. The van der Waals surface area contributed by atoms with Crippen molar-refractivity contribution in [3.63, 3.8) is 0 Å². The second kappa shape index (κ2) is 7.56. The SMILES string of the molecule is COc1ccccc1-c1noc(CSc2nc3cc4c(cc3c(=O)n2C2CC2)OCO4)n1. The summed E-state index contributed by atoms with van der Waals surface area (Å²) < 4.78 is 23.5. The molecule has 1 aliphatic carbocycles. The third-order valence-electron chi connectivity index (χ3n) is 5.42. The number of methoxy groups -OCH3 is 1. The van der Waals surface area contributed by atoms with Gasteiger partial charge in [-0.2, -0.15) is 4.98 Å². The summed E-state index contributed by atoms with van der Waals surface area (Å²) in [5.74, 6) is 3.13. The molecule has 0 bridgehead atoms. The molecule has 0 saturated heterocycles. The molecule has 4 aromatic rings. The number of nitrogens with zero attached hydrogens (tertiary/aromatic N) is 4. The molecule has 9 nitrogen and oxygen atoms in total. The second-order valence-corrected chi connectivity index (χ2v) is 8.47. The maximum atomic E-state index is 13.2. The van der Waals surface area contributed by atoms with Crippen molar-refractivity contribution in [1.82, 2.24) is 19.7 Å². The first-order valence-electron chi connectivity index (χ1n) is 10.2. The van der Waals surface area contributed by atoms with E-state index >= 15 is 0 Å². The highest BCUT2D eigenvalue weighted by molar-refractivity contribution is 7.98. The van der Waals surface area contributed by atoms with E-state index in [4.69, 9.17) is 23.7 Å². The maximum absolute atomic E-state index is 13.2. The third kappa shape index (κ3) is 3.27. The van der Waals surface area contributed by atoms with E-state index in [9.17, 15) is 4.79 Å². The number of hydrogen-bond donors (Lipinski definition) is 0. The first kappa shape index (κ1) is 19.2. The van der Waals surface area contributed by atoms with Crippen LogP contribution in [0.5, 0.6) is 17.2 Å². The van der Waals surface area contributed by atoms with Gasteiger partial charge in [0.15, 0.2) is 16.7 Å². The number of benzene rings is 2. The summed E-state index contributed by atoms with van der Waals surface area (Å²) in [4.78, 5) is 22.5. The lowest BCUT2D eigenvalue weighted by atomic mass is 10.2. The fourth-order valence-electron chi connectivity index (χ4n) is 3.70. The fourth-order valence-corrected chi connectivity index (χ4v) is 4.61. The third-order valence-corrected chi connectivity index (χ3v) is 6.35. The molecule has 10 heteroatoms. The molecular formula is C22H18N4O5S. The average Bonchev–Trinajstić information content (AvgIpc) is 3.35. The first-order valence-corrected chi connectivity index (χ1v) is 11.1. The van der Waals surface area contributed by atoms with Crippen molar-refractivity contribution >= 4 is 22.7 Å². The number of thioether (sulfide) groups is 1. The Labute approximate surface area is 186 Å². The van der Waals surface area contributed by atoms with Gasteiger partial charge in [0.25, 0.3) is 5.56 Å². The summed E-state index contributed by atoms with van der Waals surface area (Å²) >= 11 is 1.40. The smallest absolute Gasteiger partial charge is 0.262 e. The van der Waals surface area contributed by atoms with Gasteiger partial charge in [-0.05, 0) is 31.0 Å². The van der Waals surface area contributed by atoms with Crippen molar-refractivity contribution < 1.29 is 18.7 Å². The molecule has 162 valence electrons. The van der Waals surface area contributed by atoms with Crippen molar-refractivity contribution in [2.24, 2.45) is 0 Å². The highest BCUT2D eigenvalue weighted by atomic mass is 32.2. The van der Waals surface area contributed by atoms with Crippen LogP contribution in [-0.2, 0) is 5.75 Å². The van der Waals surface area contributed by atoms with Gasteiger partial charge >= 0.3 is 0 Å². The van der Waals surface area contributed by atoms with Gasteiger partial charge in [0.05, 0.1) is 29.3 Å². The van der Waals surface area contributed by atoms with Gasteiger partial charge in [0, 0.05) is 12.1 Å². The molecule has 32 heavy (non-hydrogen) atoms. The number of fused-ring (bicyclic) bond motifs is 2. The van der Waals surface area contributed by atoms with Crippen molar-refractivity contribution in [3.05, 3.63) is 52.6 Å². The fraction of sp³-hybridized carbons (Fsp3) is 0.273. The van der Waals surface area contributed by atoms with Crippen LogP contribution in [0.1, 0.15) is 24.8 Å². The normalized spacial score (nSPS) is 14.8. The van der Waals surface area contributed by atoms with Gasteiger partial charge in [-0.3, -0.25) is 9.36 Å². The summed E-state index contributed by atoms with van der Waals surface area (Å²) in [7, 11) is 1.60. The first-order chi connectivity index (χ1) is 15.7. The number of aromatic nitrogens is 4. The van der Waals surface area contributed by atoms with Gasteiger partial charge in [-0.15, -0.1) is 0 Å². The van der Waals surface area contributed by atoms with Crippen LogP contribution >= 0.6 is 11.8 Å². The highest BCUT2D eigenvalue weighted by Gasteiger charge is 2.29. The minimum absolute atomic E-state index is 0.0708. The molecule has 0 unspecified atom stereocenters. The van der Waals surface area contributed by atoms with Crippen LogP contribution in [-0.4, -0.2) is 33.6 Å². The van der Waals surface area contributed by atoms with Gasteiger partial charge in [0.2, 0.25) is 18.5 Å². The molecule has 0 radical (unpaired) electrons. The van der Waals surface area contributed by atoms with Crippen LogP contribution in [0, 0.1) is 0 Å². The molecule has 1 saturated carbocycles. The minimum Gasteiger partial charge on any atom is -0.496 e. The topological polar surface area (TPSA) is 102 Å². The predicted molar refractivity (Wildman–Crippen MR) is 116 cm³/mol. The number of hydrogen-bond acceptors (Lipinski definition) is 9. The van der Waals surface area contributed by atoms with Gasteiger partial charge in [0.1, 0.15) is 5.75 Å². The second-order valence-electron chi connectivity index (χ2n) is 7.52. The molecule has 0 amide bonds. The lowest BCUT2D eigenvalue weighted by Gasteiger charge is -2.12. The zero-order valence-corrected chi connectivity index (χ0v) is 17.9. The van der Waals surface area contributed by atoms with Crippen LogP contribution in [0.2, 0.25) is 0 Å². The van der Waals surface area contributed by atoms with Crippen molar-refractivity contribution in [1.29, 1.82) is 0 Å². The van der Waals surface area contributed by atoms with E-state index in [0.29, 0.717) is 50.8 Å². The molecule has 0 N–H and O–H groups in total. The lowest BCUT2D eigenvalue weighted by molar-refractivity contribution is 0.174. The van der Waals surface area contributed by atoms with E-state index < -0.39 is 0 Å². The van der Waals surface area contributed by atoms with Gasteiger partial charge in [-0.25, -0.2) is 4.98 Å². The Kier molecular flexibility index (Phi) is 4.53. The molecule has 1 fully saturated rings. The molecular weight excluding hydrogens is 432 g/mol. The Morgan fingerprint density at radius 1 is 1.16 bits per heavy atom. The van der Waals surface area contributed by atoms with E-state index in [2.05, 4.69) is 10.1 Å². The molecule has 2 aromatic carbocycles. The van der Waals surface area contributed by atoms with E-state index in [0.717, 1.165) is 18.4 Å². The summed E-state index contributed by atoms with van der Waals surface area (Å²) in [6.07, 6.45) is 1.92. The minimum atomic E-state index is -0.0708. The summed E-state index contributed by atoms with van der Waals surface area (Å²) in [6, 6.07) is 11.1. The van der Waals surface area contributed by atoms with Gasteiger partial charge in [-0.1, -0.05) is 29.1 Å². The number of ether oxygens (including phenoxy) is 3.